The first-order valence-corrected chi connectivity index (χ1v) is 5.46. The van der Waals surface area contributed by atoms with E-state index < -0.39 is 5.97 Å². The number of alkyl halides is 1. The van der Waals surface area contributed by atoms with Crippen LogP contribution in [0.5, 0.6) is 0 Å². The smallest absolute Gasteiger partial charge is 0.303 e. The second kappa shape index (κ2) is 7.63. The molecule has 0 aliphatic heterocycles. The Hall–Kier alpha value is -0.640. The number of aliphatic carboxylic acids is 1. The van der Waals surface area contributed by atoms with E-state index in [4.69, 9.17) is 5.11 Å². The van der Waals surface area contributed by atoms with Crippen molar-refractivity contribution in [3.63, 3.8) is 0 Å². The summed E-state index contributed by atoms with van der Waals surface area (Å²) in [5.74, 6) is -0.742. The molecule has 0 saturated heterocycles. The highest BCUT2D eigenvalue weighted by Crippen LogP contribution is 2.25. The van der Waals surface area contributed by atoms with Gasteiger partial charge in [-0.3, -0.25) is 9.18 Å². The lowest BCUT2D eigenvalue weighted by atomic mass is 9.84. The van der Waals surface area contributed by atoms with Gasteiger partial charge < -0.3 is 10.4 Å². The van der Waals surface area contributed by atoms with Gasteiger partial charge in [-0.1, -0.05) is 13.8 Å². The number of hydrogen-bond acceptors (Lipinski definition) is 2. The highest BCUT2D eigenvalue weighted by atomic mass is 19.1. The van der Waals surface area contributed by atoms with E-state index in [1.807, 2.05) is 0 Å². The zero-order valence-electron chi connectivity index (χ0n) is 9.68. The third-order valence-electron chi connectivity index (χ3n) is 2.48. The highest BCUT2D eigenvalue weighted by Gasteiger charge is 2.18. The largest absolute Gasteiger partial charge is 0.481 e. The Labute approximate surface area is 91.1 Å². The summed E-state index contributed by atoms with van der Waals surface area (Å²) in [7, 11) is 0. The fourth-order valence-electron chi connectivity index (χ4n) is 1.31. The first-order valence-electron chi connectivity index (χ1n) is 5.46. The standard InChI is InChI=1S/C11H22FNO2/c1-11(2,5-4-10(14)15)6-9-13-8-3-7-12/h13H,3-9H2,1-2H3,(H,14,15). The Morgan fingerprint density at radius 1 is 1.33 bits per heavy atom. The van der Waals surface area contributed by atoms with Gasteiger partial charge in [0.1, 0.15) is 0 Å². The van der Waals surface area contributed by atoms with Gasteiger partial charge >= 0.3 is 5.97 Å². The summed E-state index contributed by atoms with van der Waals surface area (Å²) in [6.45, 7) is 5.37. The molecular weight excluding hydrogens is 197 g/mol. The molecule has 0 aliphatic rings. The van der Waals surface area contributed by atoms with Gasteiger partial charge in [-0.15, -0.1) is 0 Å². The summed E-state index contributed by atoms with van der Waals surface area (Å²) in [6, 6.07) is 0. The third-order valence-corrected chi connectivity index (χ3v) is 2.48. The number of nitrogens with one attached hydrogen (secondary N) is 1. The molecule has 0 spiro atoms. The molecule has 4 heteroatoms. The average molecular weight is 219 g/mol. The maximum atomic E-state index is 11.8. The van der Waals surface area contributed by atoms with Crippen LogP contribution in [-0.2, 0) is 4.79 Å². The minimum Gasteiger partial charge on any atom is -0.481 e. The van der Waals surface area contributed by atoms with Gasteiger partial charge in [0.2, 0.25) is 0 Å². The van der Waals surface area contributed by atoms with Crippen molar-refractivity contribution in [2.45, 2.75) is 39.5 Å². The molecule has 0 fully saturated rings. The van der Waals surface area contributed by atoms with E-state index in [-0.39, 0.29) is 18.5 Å². The average Bonchev–Trinajstić information content (AvgIpc) is 2.15. The Morgan fingerprint density at radius 2 is 2.00 bits per heavy atom. The van der Waals surface area contributed by atoms with Crippen LogP contribution in [0.2, 0.25) is 0 Å². The summed E-state index contributed by atoms with van der Waals surface area (Å²) < 4.78 is 11.8. The SMILES string of the molecule is CC(C)(CCNCCCF)CCC(=O)O. The predicted octanol–water partition coefficient (Wildman–Crippen LogP) is 2.22. The van der Waals surface area contributed by atoms with E-state index in [9.17, 15) is 9.18 Å². The normalized spacial score (nSPS) is 11.7. The monoisotopic (exact) mass is 219 g/mol. The first-order chi connectivity index (χ1) is 6.98. The van der Waals surface area contributed by atoms with E-state index in [0.29, 0.717) is 19.4 Å². The van der Waals surface area contributed by atoms with E-state index in [2.05, 4.69) is 19.2 Å². The molecule has 0 aromatic rings. The van der Waals surface area contributed by atoms with Crippen molar-refractivity contribution in [2.75, 3.05) is 19.8 Å². The Kier molecular flexibility index (Phi) is 7.30. The number of carbonyl (C=O) groups is 1. The van der Waals surface area contributed by atoms with Gasteiger partial charge in [0.15, 0.2) is 0 Å². The lowest BCUT2D eigenvalue weighted by Gasteiger charge is -2.23. The fourth-order valence-corrected chi connectivity index (χ4v) is 1.31. The fraction of sp³-hybridized carbons (Fsp3) is 0.909. The van der Waals surface area contributed by atoms with Crippen LogP contribution >= 0.6 is 0 Å². The second-order valence-electron chi connectivity index (χ2n) is 4.60. The Bertz CT molecular complexity index is 183. The number of carboxylic acids is 1. The van der Waals surface area contributed by atoms with Crippen LogP contribution in [-0.4, -0.2) is 30.8 Å². The highest BCUT2D eigenvalue weighted by molar-refractivity contribution is 5.66. The lowest BCUT2D eigenvalue weighted by molar-refractivity contribution is -0.137. The van der Waals surface area contributed by atoms with Gasteiger partial charge in [-0.25, -0.2) is 0 Å². The van der Waals surface area contributed by atoms with Crippen molar-refractivity contribution in [2.24, 2.45) is 5.41 Å². The van der Waals surface area contributed by atoms with Crippen LogP contribution in [0.15, 0.2) is 0 Å². The minimum absolute atomic E-state index is 0.0428. The van der Waals surface area contributed by atoms with Gasteiger partial charge in [0, 0.05) is 6.42 Å². The molecule has 0 radical (unpaired) electrons. The molecule has 3 nitrogen and oxygen atoms in total. The molecule has 0 amide bonds. The molecule has 15 heavy (non-hydrogen) atoms. The minimum atomic E-state index is -0.742. The summed E-state index contributed by atoms with van der Waals surface area (Å²) >= 11 is 0. The number of carboxylic acid groups (broad SMARTS) is 1. The maximum Gasteiger partial charge on any atom is 0.303 e. The van der Waals surface area contributed by atoms with Crippen LogP contribution < -0.4 is 5.32 Å². The first kappa shape index (κ1) is 14.4. The second-order valence-corrected chi connectivity index (χ2v) is 4.60. The van der Waals surface area contributed by atoms with Crippen molar-refractivity contribution < 1.29 is 14.3 Å². The summed E-state index contributed by atoms with van der Waals surface area (Å²) in [4.78, 5) is 10.4. The number of halogens is 1. The lowest BCUT2D eigenvalue weighted by Crippen LogP contribution is -2.24. The van der Waals surface area contributed by atoms with E-state index in [1.165, 1.54) is 0 Å². The van der Waals surface area contributed by atoms with Gasteiger partial charge in [0.25, 0.3) is 0 Å². The number of rotatable bonds is 9. The summed E-state index contributed by atoms with van der Waals surface area (Å²) in [5, 5.41) is 11.7. The quantitative estimate of drug-likeness (QED) is 0.585. The van der Waals surface area contributed by atoms with Crippen molar-refractivity contribution in [3.8, 4) is 0 Å². The summed E-state index contributed by atoms with van der Waals surface area (Å²) in [5.41, 5.74) is 0.0428. The molecule has 0 bridgehead atoms. The van der Waals surface area contributed by atoms with E-state index >= 15 is 0 Å². The molecule has 0 saturated carbocycles. The predicted molar refractivity (Wildman–Crippen MR) is 58.7 cm³/mol. The Balaban J connectivity index is 3.50. The van der Waals surface area contributed by atoms with Crippen LogP contribution in [0.4, 0.5) is 4.39 Å². The van der Waals surface area contributed by atoms with Gasteiger partial charge in [-0.2, -0.15) is 0 Å². The van der Waals surface area contributed by atoms with Gasteiger partial charge in [0.05, 0.1) is 6.67 Å². The molecule has 90 valence electrons. The van der Waals surface area contributed by atoms with Crippen molar-refractivity contribution in [1.82, 2.24) is 5.32 Å². The molecule has 0 aromatic carbocycles. The van der Waals surface area contributed by atoms with Crippen LogP contribution in [0, 0.1) is 5.41 Å². The zero-order valence-corrected chi connectivity index (χ0v) is 9.68. The topological polar surface area (TPSA) is 49.3 Å². The molecule has 0 heterocycles. The molecule has 0 aliphatic carbocycles. The molecule has 0 rings (SSSR count). The van der Waals surface area contributed by atoms with Crippen LogP contribution in [0.25, 0.3) is 0 Å². The van der Waals surface area contributed by atoms with Crippen LogP contribution in [0.1, 0.15) is 39.5 Å². The molecular formula is C11H22FNO2. The van der Waals surface area contributed by atoms with Crippen LogP contribution in [0.3, 0.4) is 0 Å². The van der Waals surface area contributed by atoms with Crippen molar-refractivity contribution in [1.29, 1.82) is 0 Å². The van der Waals surface area contributed by atoms with E-state index in [0.717, 1.165) is 13.0 Å². The summed E-state index contributed by atoms with van der Waals surface area (Å²) in [6.07, 6.45) is 2.38. The molecule has 0 aromatic heterocycles. The van der Waals surface area contributed by atoms with Gasteiger partial charge in [-0.05, 0) is 37.8 Å². The molecule has 0 unspecified atom stereocenters. The zero-order chi connectivity index (χ0) is 11.7. The van der Waals surface area contributed by atoms with E-state index in [1.54, 1.807) is 0 Å². The van der Waals surface area contributed by atoms with Crippen molar-refractivity contribution in [3.05, 3.63) is 0 Å². The third kappa shape index (κ3) is 9.66. The van der Waals surface area contributed by atoms with Crippen molar-refractivity contribution >= 4 is 5.97 Å². The molecule has 0 atom stereocenters. The molecule has 2 N–H and O–H groups in total. The Morgan fingerprint density at radius 3 is 2.53 bits per heavy atom. The number of hydrogen-bond donors (Lipinski definition) is 2. The maximum absolute atomic E-state index is 11.8.